The summed E-state index contributed by atoms with van der Waals surface area (Å²) in [6, 6.07) is 4.59. The molecule has 0 amide bonds. The summed E-state index contributed by atoms with van der Waals surface area (Å²) in [4.78, 5) is 9.09. The average Bonchev–Trinajstić information content (AvgIpc) is 3.22. The molecule has 2 aliphatic rings. The first-order chi connectivity index (χ1) is 11.0. The average molecular weight is 313 g/mol. The number of hydrogen-bond donors (Lipinski definition) is 2. The van der Waals surface area contributed by atoms with Gasteiger partial charge in [-0.15, -0.1) is 0 Å². The van der Waals surface area contributed by atoms with Crippen LogP contribution in [0.3, 0.4) is 0 Å². The summed E-state index contributed by atoms with van der Waals surface area (Å²) in [5.41, 5.74) is 13.0. The van der Waals surface area contributed by atoms with Crippen LogP contribution >= 0.6 is 0 Å². The van der Waals surface area contributed by atoms with Crippen molar-refractivity contribution in [1.82, 2.24) is 9.55 Å². The number of aliphatic imine (C=N–C) groups is 1. The van der Waals surface area contributed by atoms with E-state index in [0.717, 1.165) is 23.9 Å². The predicted octanol–water partition coefficient (Wildman–Crippen LogP) is 2.19. The van der Waals surface area contributed by atoms with Crippen molar-refractivity contribution >= 4 is 11.5 Å². The molecule has 2 heterocycles. The Balaban J connectivity index is 1.78. The lowest BCUT2D eigenvalue weighted by atomic mass is 9.90. The number of benzene rings is 1. The summed E-state index contributed by atoms with van der Waals surface area (Å²) in [6.45, 7) is 2.41. The number of hydrogen-bond acceptors (Lipinski definition) is 4. The Morgan fingerprint density at radius 2 is 2.13 bits per heavy atom. The number of halogens is 1. The summed E-state index contributed by atoms with van der Waals surface area (Å²) >= 11 is 0. The van der Waals surface area contributed by atoms with Gasteiger partial charge in [0.25, 0.3) is 0 Å². The van der Waals surface area contributed by atoms with Crippen LogP contribution in [0.15, 0.2) is 29.4 Å². The van der Waals surface area contributed by atoms with Gasteiger partial charge in [-0.1, -0.05) is 0 Å². The number of fused-ring (bicyclic) bond motifs is 1. The van der Waals surface area contributed by atoms with Crippen LogP contribution in [0.5, 0.6) is 0 Å². The molecule has 5 nitrogen and oxygen atoms in total. The van der Waals surface area contributed by atoms with Crippen LogP contribution in [0, 0.1) is 11.7 Å². The number of aromatic nitrogens is 2. The van der Waals surface area contributed by atoms with Gasteiger partial charge in [0.15, 0.2) is 0 Å². The lowest BCUT2D eigenvalue weighted by molar-refractivity contribution is 0.376. The van der Waals surface area contributed by atoms with Gasteiger partial charge in [-0.05, 0) is 43.9 Å². The molecule has 0 spiro atoms. The van der Waals surface area contributed by atoms with Crippen molar-refractivity contribution in [3.05, 3.63) is 47.3 Å². The first kappa shape index (κ1) is 14.2. The summed E-state index contributed by atoms with van der Waals surface area (Å²) in [6.07, 6.45) is 5.23. The van der Waals surface area contributed by atoms with Crippen molar-refractivity contribution < 1.29 is 4.39 Å². The maximum atomic E-state index is 14.4. The van der Waals surface area contributed by atoms with Crippen molar-refractivity contribution in [2.45, 2.75) is 38.3 Å². The molecule has 0 unspecified atom stereocenters. The predicted molar refractivity (Wildman–Crippen MR) is 87.5 cm³/mol. The fourth-order valence-corrected chi connectivity index (χ4v) is 3.31. The minimum atomic E-state index is -0.782. The van der Waals surface area contributed by atoms with Crippen LogP contribution in [0.2, 0.25) is 0 Å². The number of rotatable bonds is 3. The highest BCUT2D eigenvalue weighted by Gasteiger charge is 2.36. The maximum absolute atomic E-state index is 14.4. The molecule has 1 aliphatic heterocycles. The number of imidazole rings is 1. The van der Waals surface area contributed by atoms with Crippen molar-refractivity contribution in [2.75, 3.05) is 5.73 Å². The first-order valence-electron chi connectivity index (χ1n) is 7.92. The molecule has 6 heteroatoms. The van der Waals surface area contributed by atoms with Crippen LogP contribution in [0.4, 0.5) is 10.1 Å². The van der Waals surface area contributed by atoms with E-state index in [9.17, 15) is 4.39 Å². The van der Waals surface area contributed by atoms with Crippen LogP contribution in [0.25, 0.3) is 0 Å². The SMILES string of the molecule is C[C@@]1(c2cc(N)ccc2F)Cn2c(cnc2CC2CC2)C(N)=N1. The van der Waals surface area contributed by atoms with Gasteiger partial charge in [-0.3, -0.25) is 4.99 Å². The molecule has 0 radical (unpaired) electrons. The molecule has 1 aromatic carbocycles. The molecule has 2 aromatic rings. The second kappa shape index (κ2) is 4.81. The molecular weight excluding hydrogens is 293 g/mol. The summed E-state index contributed by atoms with van der Waals surface area (Å²) in [5.74, 6) is 1.81. The van der Waals surface area contributed by atoms with Crippen molar-refractivity contribution in [1.29, 1.82) is 0 Å². The molecular formula is C17H20FN5. The Hall–Kier alpha value is -2.37. The van der Waals surface area contributed by atoms with Gasteiger partial charge in [-0.2, -0.15) is 0 Å². The minimum absolute atomic E-state index is 0.314. The molecule has 1 aromatic heterocycles. The molecule has 1 atom stereocenters. The van der Waals surface area contributed by atoms with Crippen molar-refractivity contribution in [3.63, 3.8) is 0 Å². The quantitative estimate of drug-likeness (QED) is 0.852. The van der Waals surface area contributed by atoms with E-state index in [1.807, 2.05) is 6.92 Å². The highest BCUT2D eigenvalue weighted by Crippen LogP contribution is 2.37. The van der Waals surface area contributed by atoms with Gasteiger partial charge in [-0.25, -0.2) is 9.37 Å². The molecule has 23 heavy (non-hydrogen) atoms. The molecule has 0 bridgehead atoms. The lowest BCUT2D eigenvalue weighted by Crippen LogP contribution is -2.38. The Labute approximate surface area is 134 Å². The minimum Gasteiger partial charge on any atom is -0.399 e. The van der Waals surface area contributed by atoms with Gasteiger partial charge in [0, 0.05) is 17.7 Å². The van der Waals surface area contributed by atoms with Gasteiger partial charge >= 0.3 is 0 Å². The second-order valence-corrected chi connectivity index (χ2v) is 6.80. The number of nitrogens with zero attached hydrogens (tertiary/aromatic N) is 3. The van der Waals surface area contributed by atoms with E-state index >= 15 is 0 Å². The zero-order valence-corrected chi connectivity index (χ0v) is 13.1. The van der Waals surface area contributed by atoms with Gasteiger partial charge in [0.2, 0.25) is 0 Å². The summed E-state index contributed by atoms with van der Waals surface area (Å²) in [5, 5.41) is 0. The van der Waals surface area contributed by atoms with Gasteiger partial charge in [0.1, 0.15) is 28.7 Å². The second-order valence-electron chi connectivity index (χ2n) is 6.80. The van der Waals surface area contributed by atoms with Crippen LogP contribution < -0.4 is 11.5 Å². The summed E-state index contributed by atoms with van der Waals surface area (Å²) < 4.78 is 16.4. The third-order valence-corrected chi connectivity index (χ3v) is 4.77. The monoisotopic (exact) mass is 313 g/mol. The number of nitrogen functional groups attached to an aromatic ring is 1. The van der Waals surface area contributed by atoms with Crippen molar-refractivity contribution in [2.24, 2.45) is 16.6 Å². The zero-order chi connectivity index (χ0) is 16.2. The van der Waals surface area contributed by atoms with E-state index in [1.165, 1.54) is 18.9 Å². The third-order valence-electron chi connectivity index (χ3n) is 4.77. The van der Waals surface area contributed by atoms with E-state index in [0.29, 0.717) is 23.6 Å². The fourth-order valence-electron chi connectivity index (χ4n) is 3.31. The van der Waals surface area contributed by atoms with E-state index in [4.69, 9.17) is 11.5 Å². The summed E-state index contributed by atoms with van der Waals surface area (Å²) in [7, 11) is 0. The molecule has 4 rings (SSSR count). The van der Waals surface area contributed by atoms with Gasteiger partial charge < -0.3 is 16.0 Å². The number of nitrogens with two attached hydrogens (primary N) is 2. The van der Waals surface area contributed by atoms with Crippen LogP contribution in [-0.2, 0) is 18.5 Å². The zero-order valence-electron chi connectivity index (χ0n) is 13.1. The number of anilines is 1. The van der Waals surface area contributed by atoms with E-state index in [2.05, 4.69) is 14.5 Å². The first-order valence-corrected chi connectivity index (χ1v) is 7.92. The highest BCUT2D eigenvalue weighted by atomic mass is 19.1. The van der Waals surface area contributed by atoms with Gasteiger partial charge in [0.05, 0.1) is 12.7 Å². The Morgan fingerprint density at radius 1 is 1.35 bits per heavy atom. The highest BCUT2D eigenvalue weighted by molar-refractivity contribution is 5.96. The Kier molecular flexibility index (Phi) is 2.98. The lowest BCUT2D eigenvalue weighted by Gasteiger charge is -2.32. The van der Waals surface area contributed by atoms with E-state index < -0.39 is 5.54 Å². The Morgan fingerprint density at radius 3 is 2.87 bits per heavy atom. The molecule has 4 N–H and O–H groups in total. The molecule has 0 saturated heterocycles. The van der Waals surface area contributed by atoms with E-state index in [1.54, 1.807) is 18.3 Å². The smallest absolute Gasteiger partial charge is 0.145 e. The standard InChI is InChI=1S/C17H20FN5/c1-17(12-7-11(19)4-5-13(12)18)9-23-14(16(20)22-17)8-21-15(23)6-10-2-3-10/h4-5,7-8,10H,2-3,6,9,19H2,1H3,(H2,20,22)/t17-/m0/s1. The van der Waals surface area contributed by atoms with E-state index in [-0.39, 0.29) is 5.82 Å². The Bertz CT molecular complexity index is 805. The normalized spacial score (nSPS) is 23.5. The topological polar surface area (TPSA) is 82.2 Å². The maximum Gasteiger partial charge on any atom is 0.145 e. The molecule has 1 fully saturated rings. The van der Waals surface area contributed by atoms with Crippen LogP contribution in [-0.4, -0.2) is 15.4 Å². The van der Waals surface area contributed by atoms with Crippen molar-refractivity contribution in [3.8, 4) is 0 Å². The molecule has 120 valence electrons. The molecule has 1 aliphatic carbocycles. The number of amidine groups is 1. The largest absolute Gasteiger partial charge is 0.399 e. The van der Waals surface area contributed by atoms with Crippen LogP contribution in [0.1, 0.15) is 36.8 Å². The third kappa shape index (κ3) is 2.38. The fraction of sp³-hybridized carbons (Fsp3) is 0.412. The molecule has 1 saturated carbocycles.